The third kappa shape index (κ3) is 3.48. The second kappa shape index (κ2) is 5.56. The van der Waals surface area contributed by atoms with Gasteiger partial charge in [0.1, 0.15) is 5.82 Å². The Morgan fingerprint density at radius 1 is 1.41 bits per heavy atom. The maximum Gasteiger partial charge on any atom is 0.123 e. The molecule has 1 aliphatic rings. The minimum atomic E-state index is -0.166. The summed E-state index contributed by atoms with van der Waals surface area (Å²) in [6.45, 7) is 2.78. The van der Waals surface area contributed by atoms with E-state index in [9.17, 15) is 4.39 Å². The number of thiocarbonyl (C=S) groups is 1. The van der Waals surface area contributed by atoms with Crippen LogP contribution >= 0.6 is 12.2 Å². The minimum absolute atomic E-state index is 0.166. The number of halogens is 1. The van der Waals surface area contributed by atoms with Gasteiger partial charge in [-0.25, -0.2) is 4.39 Å². The number of piperidine rings is 1. The fourth-order valence-corrected chi connectivity index (χ4v) is 2.50. The second-order valence-corrected chi connectivity index (χ2v) is 5.05. The van der Waals surface area contributed by atoms with Gasteiger partial charge in [-0.1, -0.05) is 24.4 Å². The molecule has 0 unspecified atom stereocenters. The quantitative estimate of drug-likeness (QED) is 0.837. The molecule has 0 saturated carbocycles. The SMILES string of the molecule is NC(=S)C1CCN(Cc2cccc(F)c2)CC1. The first-order valence-electron chi connectivity index (χ1n) is 5.91. The second-order valence-electron chi connectivity index (χ2n) is 4.58. The molecule has 1 aromatic carbocycles. The molecule has 1 saturated heterocycles. The molecular weight excluding hydrogens is 235 g/mol. The molecule has 1 aliphatic heterocycles. The molecule has 1 heterocycles. The Kier molecular flexibility index (Phi) is 4.07. The van der Waals surface area contributed by atoms with Gasteiger partial charge in [0.2, 0.25) is 0 Å². The van der Waals surface area contributed by atoms with Crippen LogP contribution in [-0.2, 0) is 6.54 Å². The van der Waals surface area contributed by atoms with Crippen LogP contribution in [0.15, 0.2) is 24.3 Å². The summed E-state index contributed by atoms with van der Waals surface area (Å²) in [5.74, 6) is 0.217. The largest absolute Gasteiger partial charge is 0.393 e. The highest BCUT2D eigenvalue weighted by molar-refractivity contribution is 7.80. The van der Waals surface area contributed by atoms with E-state index in [2.05, 4.69) is 4.90 Å². The lowest BCUT2D eigenvalue weighted by molar-refractivity contribution is 0.202. The Morgan fingerprint density at radius 3 is 2.71 bits per heavy atom. The van der Waals surface area contributed by atoms with Gasteiger partial charge in [-0.05, 0) is 43.6 Å². The predicted molar refractivity (Wildman–Crippen MR) is 71.2 cm³/mol. The van der Waals surface area contributed by atoms with E-state index < -0.39 is 0 Å². The molecule has 1 fully saturated rings. The number of hydrogen-bond acceptors (Lipinski definition) is 2. The summed E-state index contributed by atoms with van der Waals surface area (Å²) in [6, 6.07) is 6.79. The van der Waals surface area contributed by atoms with Crippen molar-refractivity contribution in [3.05, 3.63) is 35.6 Å². The van der Waals surface area contributed by atoms with Gasteiger partial charge in [-0.15, -0.1) is 0 Å². The van der Waals surface area contributed by atoms with Crippen molar-refractivity contribution >= 4 is 17.2 Å². The molecular formula is C13H17FN2S. The molecule has 0 radical (unpaired) electrons. The van der Waals surface area contributed by atoms with E-state index in [0.717, 1.165) is 38.0 Å². The molecule has 17 heavy (non-hydrogen) atoms. The molecule has 0 aromatic heterocycles. The maximum absolute atomic E-state index is 13.0. The molecule has 0 amide bonds. The van der Waals surface area contributed by atoms with E-state index >= 15 is 0 Å². The molecule has 0 aliphatic carbocycles. The van der Waals surface area contributed by atoms with Crippen molar-refractivity contribution in [2.75, 3.05) is 13.1 Å². The lowest BCUT2D eigenvalue weighted by Gasteiger charge is -2.31. The standard InChI is InChI=1S/C13H17FN2S/c14-12-3-1-2-10(8-12)9-16-6-4-11(5-7-16)13(15)17/h1-3,8,11H,4-7,9H2,(H2,15,17). The number of nitrogens with zero attached hydrogens (tertiary/aromatic N) is 1. The molecule has 1 aromatic rings. The number of benzene rings is 1. The number of likely N-dealkylation sites (tertiary alicyclic amines) is 1. The Hall–Kier alpha value is -1.00. The Bertz CT molecular complexity index is 400. The summed E-state index contributed by atoms with van der Waals surface area (Å²) in [5.41, 5.74) is 6.68. The first kappa shape index (κ1) is 12.5. The molecule has 0 atom stereocenters. The summed E-state index contributed by atoms with van der Waals surface area (Å²) in [7, 11) is 0. The number of nitrogens with two attached hydrogens (primary N) is 1. The van der Waals surface area contributed by atoms with Crippen LogP contribution in [-0.4, -0.2) is 23.0 Å². The summed E-state index contributed by atoms with van der Waals surface area (Å²) in [6.07, 6.45) is 2.04. The van der Waals surface area contributed by atoms with Gasteiger partial charge >= 0.3 is 0 Å². The first-order chi connectivity index (χ1) is 8.15. The van der Waals surface area contributed by atoms with Crippen LogP contribution in [0, 0.1) is 11.7 Å². The fraction of sp³-hybridized carbons (Fsp3) is 0.462. The first-order valence-corrected chi connectivity index (χ1v) is 6.32. The molecule has 2 N–H and O–H groups in total. The van der Waals surface area contributed by atoms with Gasteiger partial charge in [0.25, 0.3) is 0 Å². The zero-order valence-electron chi connectivity index (χ0n) is 9.73. The predicted octanol–water partition coefficient (Wildman–Crippen LogP) is 2.32. The molecule has 92 valence electrons. The van der Waals surface area contributed by atoms with Crippen molar-refractivity contribution in [1.82, 2.24) is 4.90 Å². The van der Waals surface area contributed by atoms with Crippen molar-refractivity contribution in [1.29, 1.82) is 0 Å². The fourth-order valence-electron chi connectivity index (χ4n) is 2.27. The lowest BCUT2D eigenvalue weighted by Crippen LogP contribution is -2.37. The summed E-state index contributed by atoms with van der Waals surface area (Å²) >= 11 is 5.01. The maximum atomic E-state index is 13.0. The summed E-state index contributed by atoms with van der Waals surface area (Å²) in [4.78, 5) is 2.96. The smallest absolute Gasteiger partial charge is 0.123 e. The van der Waals surface area contributed by atoms with E-state index in [-0.39, 0.29) is 5.82 Å². The van der Waals surface area contributed by atoms with E-state index in [4.69, 9.17) is 18.0 Å². The van der Waals surface area contributed by atoms with Gasteiger partial charge in [0.15, 0.2) is 0 Å². The lowest BCUT2D eigenvalue weighted by atomic mass is 9.96. The monoisotopic (exact) mass is 252 g/mol. The Labute approximate surface area is 107 Å². The van der Waals surface area contributed by atoms with Crippen molar-refractivity contribution in [3.63, 3.8) is 0 Å². The van der Waals surface area contributed by atoms with Crippen LogP contribution < -0.4 is 5.73 Å². The van der Waals surface area contributed by atoms with Crippen molar-refractivity contribution in [2.45, 2.75) is 19.4 Å². The van der Waals surface area contributed by atoms with Gasteiger partial charge in [0.05, 0.1) is 4.99 Å². The third-order valence-corrected chi connectivity index (χ3v) is 3.62. The minimum Gasteiger partial charge on any atom is -0.393 e. The zero-order valence-corrected chi connectivity index (χ0v) is 10.5. The van der Waals surface area contributed by atoms with Crippen LogP contribution in [0.3, 0.4) is 0 Å². The highest BCUT2D eigenvalue weighted by atomic mass is 32.1. The normalized spacial score (nSPS) is 18.2. The molecule has 2 rings (SSSR count). The van der Waals surface area contributed by atoms with Gasteiger partial charge in [-0.3, -0.25) is 4.90 Å². The average Bonchev–Trinajstić information content (AvgIpc) is 2.29. The van der Waals surface area contributed by atoms with E-state index in [0.29, 0.717) is 10.9 Å². The van der Waals surface area contributed by atoms with Crippen molar-refractivity contribution in [2.24, 2.45) is 11.7 Å². The van der Waals surface area contributed by atoms with Crippen molar-refractivity contribution < 1.29 is 4.39 Å². The highest BCUT2D eigenvalue weighted by Crippen LogP contribution is 2.19. The van der Waals surface area contributed by atoms with Crippen LogP contribution in [0.25, 0.3) is 0 Å². The summed E-state index contributed by atoms with van der Waals surface area (Å²) in [5, 5.41) is 0. The topological polar surface area (TPSA) is 29.3 Å². The molecule has 4 heteroatoms. The molecule has 2 nitrogen and oxygen atoms in total. The van der Waals surface area contributed by atoms with Crippen LogP contribution in [0.1, 0.15) is 18.4 Å². The van der Waals surface area contributed by atoms with Gasteiger partial charge in [0, 0.05) is 12.5 Å². The molecule has 0 spiro atoms. The number of rotatable bonds is 3. The Morgan fingerprint density at radius 2 is 2.12 bits per heavy atom. The van der Waals surface area contributed by atoms with Crippen molar-refractivity contribution in [3.8, 4) is 0 Å². The van der Waals surface area contributed by atoms with E-state index in [1.807, 2.05) is 6.07 Å². The zero-order chi connectivity index (χ0) is 12.3. The summed E-state index contributed by atoms with van der Waals surface area (Å²) < 4.78 is 13.0. The van der Waals surface area contributed by atoms with Gasteiger partial charge < -0.3 is 5.73 Å². The number of hydrogen-bond donors (Lipinski definition) is 1. The van der Waals surface area contributed by atoms with Crippen LogP contribution in [0.2, 0.25) is 0 Å². The Balaban J connectivity index is 1.88. The van der Waals surface area contributed by atoms with Crippen LogP contribution in [0.5, 0.6) is 0 Å². The average molecular weight is 252 g/mol. The molecule has 0 bridgehead atoms. The third-order valence-electron chi connectivity index (χ3n) is 3.29. The van der Waals surface area contributed by atoms with E-state index in [1.54, 1.807) is 12.1 Å². The van der Waals surface area contributed by atoms with Gasteiger partial charge in [-0.2, -0.15) is 0 Å². The van der Waals surface area contributed by atoms with Crippen LogP contribution in [0.4, 0.5) is 4.39 Å². The van der Waals surface area contributed by atoms with E-state index in [1.165, 1.54) is 6.07 Å². The highest BCUT2D eigenvalue weighted by Gasteiger charge is 2.20.